The number of carbonyl (C=O) groups excluding carboxylic acids is 3. The molecule has 0 aliphatic rings. The molecule has 0 heterocycles. The minimum atomic E-state index is -0.219. The Kier molecular flexibility index (Phi) is 7.56. The van der Waals surface area contributed by atoms with E-state index < -0.39 is 0 Å². The number of hydrogen-bond donors (Lipinski definition) is 3. The van der Waals surface area contributed by atoms with E-state index in [2.05, 4.69) is 16.0 Å². The van der Waals surface area contributed by atoms with Gasteiger partial charge in [-0.2, -0.15) is 0 Å². The van der Waals surface area contributed by atoms with E-state index in [-0.39, 0.29) is 24.3 Å². The molecule has 0 aromatic heterocycles. The van der Waals surface area contributed by atoms with E-state index in [1.54, 1.807) is 53.4 Å². The Morgan fingerprint density at radius 2 is 1.46 bits per heavy atom. The Balaban J connectivity index is 1.89. The number of nitrogens with one attached hydrogen (secondary N) is 3. The molecule has 3 N–H and O–H groups in total. The summed E-state index contributed by atoms with van der Waals surface area (Å²) in [5, 5.41) is 8.47. The predicted octanol–water partition coefficient (Wildman–Crippen LogP) is 3.18. The number of carbonyl (C=O) groups is 3. The van der Waals surface area contributed by atoms with Crippen LogP contribution in [-0.4, -0.2) is 42.3 Å². The molecule has 2 aromatic rings. The molecule has 3 amide bonds. The van der Waals surface area contributed by atoms with Gasteiger partial charge in [0.1, 0.15) is 0 Å². The van der Waals surface area contributed by atoms with Gasteiger partial charge in [0.25, 0.3) is 5.91 Å². The van der Waals surface area contributed by atoms with Crippen LogP contribution in [0.5, 0.6) is 0 Å². The van der Waals surface area contributed by atoms with Gasteiger partial charge in [-0.15, -0.1) is 0 Å². The van der Waals surface area contributed by atoms with Crippen molar-refractivity contribution in [1.82, 2.24) is 4.90 Å². The van der Waals surface area contributed by atoms with Gasteiger partial charge in [-0.05, 0) is 56.3 Å². The van der Waals surface area contributed by atoms with Gasteiger partial charge >= 0.3 is 0 Å². The van der Waals surface area contributed by atoms with Crippen LogP contribution >= 0.6 is 0 Å². The van der Waals surface area contributed by atoms with Gasteiger partial charge in [0.2, 0.25) is 11.8 Å². The van der Waals surface area contributed by atoms with Gasteiger partial charge in [0.05, 0.1) is 6.54 Å². The zero-order valence-electron chi connectivity index (χ0n) is 16.4. The van der Waals surface area contributed by atoms with Crippen LogP contribution in [0.3, 0.4) is 0 Å². The van der Waals surface area contributed by atoms with Crippen molar-refractivity contribution in [3.05, 3.63) is 54.1 Å². The molecule has 0 aliphatic heterocycles. The van der Waals surface area contributed by atoms with Gasteiger partial charge in [-0.3, -0.25) is 14.4 Å². The maximum atomic E-state index is 12.3. The summed E-state index contributed by atoms with van der Waals surface area (Å²) >= 11 is 0. The molecule has 0 atom stereocenters. The normalized spacial score (nSPS) is 10.1. The van der Waals surface area contributed by atoms with Crippen LogP contribution in [0.4, 0.5) is 17.1 Å². The van der Waals surface area contributed by atoms with Crippen LogP contribution in [-0.2, 0) is 9.59 Å². The van der Waals surface area contributed by atoms with Crippen molar-refractivity contribution in [3.8, 4) is 0 Å². The third kappa shape index (κ3) is 6.12. The largest absolute Gasteiger partial charge is 0.376 e. The van der Waals surface area contributed by atoms with Gasteiger partial charge in [0.15, 0.2) is 0 Å². The zero-order chi connectivity index (χ0) is 20.5. The summed E-state index contributed by atoms with van der Waals surface area (Å²) in [5.74, 6) is -0.398. The van der Waals surface area contributed by atoms with E-state index in [0.717, 1.165) is 5.69 Å². The van der Waals surface area contributed by atoms with Crippen molar-refractivity contribution in [1.29, 1.82) is 0 Å². The van der Waals surface area contributed by atoms with Crippen LogP contribution in [0, 0.1) is 0 Å². The highest BCUT2D eigenvalue weighted by atomic mass is 16.2. The zero-order valence-corrected chi connectivity index (χ0v) is 16.4. The van der Waals surface area contributed by atoms with E-state index in [0.29, 0.717) is 30.0 Å². The smallest absolute Gasteiger partial charge is 0.253 e. The lowest BCUT2D eigenvalue weighted by atomic mass is 10.1. The average Bonchev–Trinajstić information content (AvgIpc) is 2.67. The van der Waals surface area contributed by atoms with Gasteiger partial charge in [-0.25, -0.2) is 0 Å². The first-order chi connectivity index (χ1) is 13.4. The number of amides is 3. The highest BCUT2D eigenvalue weighted by molar-refractivity contribution is 5.96. The number of hydrogen-bond acceptors (Lipinski definition) is 4. The highest BCUT2D eigenvalue weighted by Crippen LogP contribution is 2.15. The van der Waals surface area contributed by atoms with Crippen molar-refractivity contribution >= 4 is 34.8 Å². The van der Waals surface area contributed by atoms with E-state index >= 15 is 0 Å². The lowest BCUT2D eigenvalue weighted by Gasteiger charge is -2.18. The summed E-state index contributed by atoms with van der Waals surface area (Å²) in [5.41, 5.74) is 2.58. The molecular formula is C21H26N4O3. The summed E-state index contributed by atoms with van der Waals surface area (Å²) in [7, 11) is 0. The van der Waals surface area contributed by atoms with E-state index in [1.165, 1.54) is 6.92 Å². The van der Waals surface area contributed by atoms with Gasteiger partial charge in [0, 0.05) is 42.6 Å². The second-order valence-corrected chi connectivity index (χ2v) is 6.22. The van der Waals surface area contributed by atoms with E-state index in [4.69, 9.17) is 0 Å². The SMILES string of the molecule is CCN(CC)C(=O)c1ccc(NCC(=O)Nc2cccc(NC(C)=O)c2)cc1. The Morgan fingerprint density at radius 1 is 0.857 bits per heavy atom. The molecule has 2 rings (SSSR count). The number of nitrogens with zero attached hydrogens (tertiary/aromatic N) is 1. The maximum Gasteiger partial charge on any atom is 0.253 e. The maximum absolute atomic E-state index is 12.3. The van der Waals surface area contributed by atoms with Gasteiger partial charge in [-0.1, -0.05) is 6.07 Å². The standard InChI is InChI=1S/C21H26N4O3/c1-4-25(5-2)21(28)16-9-11-17(12-10-16)22-14-20(27)24-19-8-6-7-18(13-19)23-15(3)26/h6-13,22H,4-5,14H2,1-3H3,(H,23,26)(H,24,27). The Hall–Kier alpha value is -3.35. The molecule has 28 heavy (non-hydrogen) atoms. The fourth-order valence-electron chi connectivity index (χ4n) is 2.69. The number of rotatable bonds is 8. The first-order valence-electron chi connectivity index (χ1n) is 9.23. The molecule has 0 unspecified atom stereocenters. The summed E-state index contributed by atoms with van der Waals surface area (Å²) < 4.78 is 0. The molecule has 148 valence electrons. The fourth-order valence-corrected chi connectivity index (χ4v) is 2.69. The minimum absolute atomic E-state index is 0.00616. The van der Waals surface area contributed by atoms with Crippen LogP contribution in [0.15, 0.2) is 48.5 Å². The third-order valence-electron chi connectivity index (χ3n) is 4.10. The first kappa shape index (κ1) is 21.0. The first-order valence-corrected chi connectivity index (χ1v) is 9.23. The van der Waals surface area contributed by atoms with E-state index in [9.17, 15) is 14.4 Å². The van der Waals surface area contributed by atoms with Crippen LogP contribution in [0.1, 0.15) is 31.1 Å². The molecular weight excluding hydrogens is 356 g/mol. The van der Waals surface area contributed by atoms with Crippen LogP contribution < -0.4 is 16.0 Å². The fraction of sp³-hybridized carbons (Fsp3) is 0.286. The topological polar surface area (TPSA) is 90.5 Å². The van der Waals surface area contributed by atoms with Crippen molar-refractivity contribution in [2.75, 3.05) is 35.6 Å². The van der Waals surface area contributed by atoms with Crippen molar-refractivity contribution in [2.45, 2.75) is 20.8 Å². The number of benzene rings is 2. The quantitative estimate of drug-likeness (QED) is 0.654. The molecule has 2 aromatic carbocycles. The summed E-state index contributed by atoms with van der Waals surface area (Å²) in [6, 6.07) is 14.0. The van der Waals surface area contributed by atoms with Crippen LogP contribution in [0.25, 0.3) is 0 Å². The second-order valence-electron chi connectivity index (χ2n) is 6.22. The lowest BCUT2D eigenvalue weighted by Crippen LogP contribution is -2.30. The molecule has 7 heteroatoms. The Labute approximate surface area is 165 Å². The average molecular weight is 382 g/mol. The summed E-state index contributed by atoms with van der Waals surface area (Å²) in [4.78, 5) is 37.3. The lowest BCUT2D eigenvalue weighted by molar-refractivity contribution is -0.115. The molecule has 0 aliphatic carbocycles. The molecule has 0 saturated heterocycles. The van der Waals surface area contributed by atoms with Crippen molar-refractivity contribution < 1.29 is 14.4 Å². The van der Waals surface area contributed by atoms with Crippen molar-refractivity contribution in [2.24, 2.45) is 0 Å². The summed E-state index contributed by atoms with van der Waals surface area (Å²) in [6.07, 6.45) is 0. The second kappa shape index (κ2) is 10.1. The van der Waals surface area contributed by atoms with Crippen LogP contribution in [0.2, 0.25) is 0 Å². The predicted molar refractivity (Wildman–Crippen MR) is 112 cm³/mol. The van der Waals surface area contributed by atoms with Crippen molar-refractivity contribution in [3.63, 3.8) is 0 Å². The molecule has 0 radical (unpaired) electrons. The third-order valence-corrected chi connectivity index (χ3v) is 4.10. The molecule has 0 bridgehead atoms. The molecule has 7 nitrogen and oxygen atoms in total. The minimum Gasteiger partial charge on any atom is -0.376 e. The Bertz CT molecular complexity index is 830. The molecule has 0 spiro atoms. The highest BCUT2D eigenvalue weighted by Gasteiger charge is 2.12. The Morgan fingerprint density at radius 3 is 2.04 bits per heavy atom. The monoisotopic (exact) mass is 382 g/mol. The van der Waals surface area contributed by atoms with E-state index in [1.807, 2.05) is 13.8 Å². The number of anilines is 3. The van der Waals surface area contributed by atoms with Gasteiger partial charge < -0.3 is 20.9 Å². The molecule has 0 saturated carbocycles. The molecule has 0 fully saturated rings. The summed E-state index contributed by atoms with van der Waals surface area (Å²) in [6.45, 7) is 6.73.